The van der Waals surface area contributed by atoms with Crippen molar-refractivity contribution in [3.63, 3.8) is 0 Å². The van der Waals surface area contributed by atoms with Crippen LogP contribution in [-0.2, 0) is 12.8 Å². The zero-order chi connectivity index (χ0) is 16.2. The normalized spacial score (nSPS) is 18.0. The number of aryl methyl sites for hydroxylation is 1. The van der Waals surface area contributed by atoms with Crippen LogP contribution in [0.25, 0.3) is 0 Å². The van der Waals surface area contributed by atoms with E-state index in [0.717, 1.165) is 18.5 Å². The van der Waals surface area contributed by atoms with Gasteiger partial charge in [0.25, 0.3) is 0 Å². The third-order valence-corrected chi connectivity index (χ3v) is 4.51. The number of benzene rings is 2. The lowest BCUT2D eigenvalue weighted by Crippen LogP contribution is -2.36. The number of fused-ring (bicyclic) bond motifs is 1. The molecule has 0 bridgehead atoms. The van der Waals surface area contributed by atoms with Gasteiger partial charge in [-0.3, -0.25) is 0 Å². The van der Waals surface area contributed by atoms with Crippen LogP contribution in [0.15, 0.2) is 48.5 Å². The number of hydrogen-bond acceptors (Lipinski definition) is 2. The van der Waals surface area contributed by atoms with Crippen LogP contribution in [0.4, 0.5) is 10.5 Å². The number of primary amides is 1. The van der Waals surface area contributed by atoms with Crippen molar-refractivity contribution in [2.75, 3.05) is 5.32 Å². The average molecular weight is 309 g/mol. The molecule has 0 heterocycles. The molecule has 0 spiro atoms. The number of rotatable bonds is 4. The third-order valence-electron chi connectivity index (χ3n) is 4.51. The topological polar surface area (TPSA) is 67.2 Å². The molecule has 2 aromatic carbocycles. The molecule has 2 atom stereocenters. The summed E-state index contributed by atoms with van der Waals surface area (Å²) in [5.74, 6) is 0. The van der Waals surface area contributed by atoms with E-state index < -0.39 is 6.03 Å². The van der Waals surface area contributed by atoms with Crippen molar-refractivity contribution < 1.29 is 4.79 Å². The number of nitrogens with one attached hydrogen (secondary N) is 2. The van der Waals surface area contributed by atoms with Crippen LogP contribution in [0, 0.1) is 0 Å². The van der Waals surface area contributed by atoms with E-state index >= 15 is 0 Å². The first-order chi connectivity index (χ1) is 11.1. The van der Waals surface area contributed by atoms with Gasteiger partial charge in [0.1, 0.15) is 0 Å². The molecule has 3 rings (SSSR count). The van der Waals surface area contributed by atoms with Crippen LogP contribution in [0.3, 0.4) is 0 Å². The zero-order valence-corrected chi connectivity index (χ0v) is 13.4. The first kappa shape index (κ1) is 15.6. The molecule has 2 amide bonds. The van der Waals surface area contributed by atoms with Crippen LogP contribution in [0.5, 0.6) is 0 Å². The molecule has 4 nitrogen and oxygen atoms in total. The fourth-order valence-corrected chi connectivity index (χ4v) is 3.29. The highest BCUT2D eigenvalue weighted by Crippen LogP contribution is 2.24. The molecule has 1 aliphatic carbocycles. The van der Waals surface area contributed by atoms with Crippen LogP contribution >= 0.6 is 0 Å². The minimum atomic E-state index is -0.537. The van der Waals surface area contributed by atoms with E-state index in [9.17, 15) is 4.79 Å². The maximum absolute atomic E-state index is 10.8. The minimum absolute atomic E-state index is 0.271. The molecular formula is C19H23N3O. The maximum Gasteiger partial charge on any atom is 0.316 e. The number of amides is 2. The highest BCUT2D eigenvalue weighted by molar-refractivity contribution is 5.87. The number of nitrogens with two attached hydrogens (primary N) is 1. The second kappa shape index (κ2) is 6.84. The lowest BCUT2D eigenvalue weighted by Gasteiger charge is -2.28. The van der Waals surface area contributed by atoms with Gasteiger partial charge in [-0.1, -0.05) is 36.4 Å². The van der Waals surface area contributed by atoms with Gasteiger partial charge >= 0.3 is 6.03 Å². The number of anilines is 1. The monoisotopic (exact) mass is 309 g/mol. The molecule has 2 aromatic rings. The first-order valence-electron chi connectivity index (χ1n) is 8.11. The van der Waals surface area contributed by atoms with Crippen molar-refractivity contribution in [1.82, 2.24) is 5.32 Å². The van der Waals surface area contributed by atoms with E-state index in [-0.39, 0.29) is 6.04 Å². The molecular weight excluding hydrogens is 286 g/mol. The smallest absolute Gasteiger partial charge is 0.316 e. The molecule has 2 unspecified atom stereocenters. The zero-order valence-electron chi connectivity index (χ0n) is 13.4. The molecule has 0 saturated heterocycles. The maximum atomic E-state index is 10.8. The largest absolute Gasteiger partial charge is 0.351 e. The van der Waals surface area contributed by atoms with E-state index in [4.69, 9.17) is 5.73 Å². The third kappa shape index (κ3) is 3.90. The Kier molecular flexibility index (Phi) is 4.63. The Morgan fingerprint density at radius 3 is 2.52 bits per heavy atom. The van der Waals surface area contributed by atoms with Gasteiger partial charge in [0.05, 0.1) is 0 Å². The van der Waals surface area contributed by atoms with Crippen LogP contribution < -0.4 is 16.4 Å². The molecule has 0 saturated carbocycles. The van der Waals surface area contributed by atoms with Crippen molar-refractivity contribution in [3.05, 3.63) is 65.2 Å². The highest BCUT2D eigenvalue weighted by Gasteiger charge is 2.20. The van der Waals surface area contributed by atoms with Gasteiger partial charge in [-0.25, -0.2) is 4.79 Å². The fraction of sp³-hybridized carbons (Fsp3) is 0.316. The van der Waals surface area contributed by atoms with Crippen molar-refractivity contribution in [2.24, 2.45) is 5.73 Å². The molecule has 120 valence electrons. The van der Waals surface area contributed by atoms with Gasteiger partial charge in [-0.05, 0) is 55.0 Å². The Morgan fingerprint density at radius 1 is 1.13 bits per heavy atom. The SMILES string of the molecule is CC(NC1CCc2ccccc2C1)c1ccc(NC(N)=O)cc1. The second-order valence-electron chi connectivity index (χ2n) is 6.21. The van der Waals surface area contributed by atoms with Gasteiger partial charge in [0.15, 0.2) is 0 Å². The van der Waals surface area contributed by atoms with Crippen LogP contribution in [0.2, 0.25) is 0 Å². The number of carbonyl (C=O) groups excluding carboxylic acids is 1. The summed E-state index contributed by atoms with van der Waals surface area (Å²) in [5, 5.41) is 6.31. The quantitative estimate of drug-likeness (QED) is 0.810. The summed E-state index contributed by atoms with van der Waals surface area (Å²) >= 11 is 0. The molecule has 1 aliphatic rings. The molecule has 0 fully saturated rings. The highest BCUT2D eigenvalue weighted by atomic mass is 16.2. The number of urea groups is 1. The van der Waals surface area contributed by atoms with Crippen molar-refractivity contribution in [1.29, 1.82) is 0 Å². The van der Waals surface area contributed by atoms with Crippen molar-refractivity contribution in [2.45, 2.75) is 38.3 Å². The van der Waals surface area contributed by atoms with E-state index in [0.29, 0.717) is 6.04 Å². The van der Waals surface area contributed by atoms with E-state index in [1.807, 2.05) is 24.3 Å². The fourth-order valence-electron chi connectivity index (χ4n) is 3.29. The summed E-state index contributed by atoms with van der Waals surface area (Å²) in [7, 11) is 0. The Morgan fingerprint density at radius 2 is 1.83 bits per heavy atom. The molecule has 4 N–H and O–H groups in total. The average Bonchev–Trinajstić information content (AvgIpc) is 2.55. The van der Waals surface area contributed by atoms with Crippen molar-refractivity contribution >= 4 is 11.7 Å². The van der Waals surface area contributed by atoms with Crippen LogP contribution in [-0.4, -0.2) is 12.1 Å². The molecule has 4 heteroatoms. The molecule has 0 radical (unpaired) electrons. The lowest BCUT2D eigenvalue weighted by atomic mass is 9.88. The summed E-state index contributed by atoms with van der Waals surface area (Å²) in [6.07, 6.45) is 3.40. The van der Waals surface area contributed by atoms with Gasteiger partial charge in [-0.15, -0.1) is 0 Å². The van der Waals surface area contributed by atoms with E-state index in [1.54, 1.807) is 0 Å². The summed E-state index contributed by atoms with van der Waals surface area (Å²) in [4.78, 5) is 10.8. The second-order valence-corrected chi connectivity index (χ2v) is 6.21. The van der Waals surface area contributed by atoms with Crippen LogP contribution in [0.1, 0.15) is 36.1 Å². The Hall–Kier alpha value is -2.33. The van der Waals surface area contributed by atoms with E-state index in [1.165, 1.54) is 23.1 Å². The first-order valence-corrected chi connectivity index (χ1v) is 8.11. The summed E-state index contributed by atoms with van der Waals surface area (Å²) in [6.45, 7) is 2.18. The predicted octanol–water partition coefficient (Wildman–Crippen LogP) is 3.39. The summed E-state index contributed by atoms with van der Waals surface area (Å²) < 4.78 is 0. The summed E-state index contributed by atoms with van der Waals surface area (Å²) in [6, 6.07) is 16.8. The Balaban J connectivity index is 1.61. The molecule has 23 heavy (non-hydrogen) atoms. The van der Waals surface area contributed by atoms with Crippen molar-refractivity contribution in [3.8, 4) is 0 Å². The number of hydrogen-bond donors (Lipinski definition) is 3. The minimum Gasteiger partial charge on any atom is -0.351 e. The molecule has 0 aliphatic heterocycles. The van der Waals surface area contributed by atoms with Gasteiger partial charge in [-0.2, -0.15) is 0 Å². The van der Waals surface area contributed by atoms with Gasteiger partial charge in [0, 0.05) is 17.8 Å². The van der Waals surface area contributed by atoms with E-state index in [2.05, 4.69) is 41.8 Å². The van der Waals surface area contributed by atoms with Gasteiger partial charge < -0.3 is 16.4 Å². The Labute approximate surface area is 137 Å². The van der Waals surface area contributed by atoms with Gasteiger partial charge in [0.2, 0.25) is 0 Å². The summed E-state index contributed by atoms with van der Waals surface area (Å²) in [5.41, 5.74) is 10.0. The lowest BCUT2D eigenvalue weighted by molar-refractivity contribution is 0.259. The number of carbonyl (C=O) groups is 1. The Bertz CT molecular complexity index is 681. The standard InChI is InChI=1S/C19H23N3O/c1-13(14-6-9-17(10-7-14)22-19(20)23)21-18-11-8-15-4-2-3-5-16(15)12-18/h2-7,9-10,13,18,21H,8,11-12H2,1H3,(H3,20,22,23). The molecule has 0 aromatic heterocycles. The predicted molar refractivity (Wildman–Crippen MR) is 93.5 cm³/mol.